The van der Waals surface area contributed by atoms with Gasteiger partial charge in [-0.1, -0.05) is 0 Å². The molecule has 0 aliphatic carbocycles. The first kappa shape index (κ1) is 13.4. The predicted molar refractivity (Wildman–Crippen MR) is 58.2 cm³/mol. The Balaban J connectivity index is 2.57. The van der Waals surface area contributed by atoms with E-state index in [0.29, 0.717) is 0 Å². The number of carbonyl (C=O) groups excluding carboxylic acids is 2. The van der Waals surface area contributed by atoms with Crippen molar-refractivity contribution < 1.29 is 18.7 Å². The maximum absolute atomic E-state index is 13.1. The summed E-state index contributed by atoms with van der Waals surface area (Å²) in [4.78, 5) is 25.9. The van der Waals surface area contributed by atoms with Crippen molar-refractivity contribution in [2.45, 2.75) is 5.38 Å². The molecule has 92 valence electrons. The molecule has 0 bridgehead atoms. The lowest BCUT2D eigenvalue weighted by molar-refractivity contribution is -0.140. The molecule has 7 heteroatoms. The van der Waals surface area contributed by atoms with Gasteiger partial charge < -0.3 is 10.1 Å². The molecule has 0 aliphatic rings. The van der Waals surface area contributed by atoms with Crippen LogP contribution in [0.2, 0.25) is 0 Å². The first-order chi connectivity index (χ1) is 8.06. The van der Waals surface area contributed by atoms with Gasteiger partial charge in [-0.3, -0.25) is 14.6 Å². The highest BCUT2D eigenvalue weighted by Crippen LogP contribution is 2.04. The number of methoxy groups -OCH3 is 1. The molecule has 1 aromatic heterocycles. The highest BCUT2D eigenvalue weighted by Gasteiger charge is 2.18. The second-order valence-electron chi connectivity index (χ2n) is 3.06. The fraction of sp³-hybridized carbons (Fsp3) is 0.300. The van der Waals surface area contributed by atoms with Crippen LogP contribution >= 0.6 is 11.6 Å². The second kappa shape index (κ2) is 6.15. The summed E-state index contributed by atoms with van der Waals surface area (Å²) in [7, 11) is 1.18. The molecule has 1 N–H and O–H groups in total. The molecule has 0 aliphatic heterocycles. The van der Waals surface area contributed by atoms with Crippen LogP contribution in [-0.4, -0.2) is 35.9 Å². The van der Waals surface area contributed by atoms with E-state index in [-0.39, 0.29) is 12.1 Å². The van der Waals surface area contributed by atoms with Gasteiger partial charge in [-0.15, -0.1) is 11.6 Å². The number of nitrogens with one attached hydrogen (secondary N) is 1. The van der Waals surface area contributed by atoms with Crippen molar-refractivity contribution in [1.29, 1.82) is 0 Å². The molecule has 1 rings (SSSR count). The zero-order valence-corrected chi connectivity index (χ0v) is 9.70. The number of alkyl halides is 1. The van der Waals surface area contributed by atoms with Crippen LogP contribution in [0.15, 0.2) is 18.5 Å². The third kappa shape index (κ3) is 3.67. The maximum atomic E-state index is 13.1. The Hall–Kier alpha value is -1.69. The summed E-state index contributed by atoms with van der Waals surface area (Å²) in [5.41, 5.74) is -0.159. The lowest BCUT2D eigenvalue weighted by Gasteiger charge is -2.09. The van der Waals surface area contributed by atoms with E-state index in [0.717, 1.165) is 6.20 Å². The lowest BCUT2D eigenvalue weighted by atomic mass is 10.2. The highest BCUT2D eigenvalue weighted by molar-refractivity contribution is 6.30. The normalized spacial score (nSPS) is 11.7. The SMILES string of the molecule is COC(=O)C(Cl)CNC(=O)c1ccncc1F. The minimum Gasteiger partial charge on any atom is -0.468 e. The number of pyridine rings is 1. The average Bonchev–Trinajstić information content (AvgIpc) is 2.35. The van der Waals surface area contributed by atoms with Crippen LogP contribution in [0.3, 0.4) is 0 Å². The monoisotopic (exact) mass is 260 g/mol. The summed E-state index contributed by atoms with van der Waals surface area (Å²) in [6, 6.07) is 1.23. The van der Waals surface area contributed by atoms with Gasteiger partial charge in [0.05, 0.1) is 18.9 Å². The average molecular weight is 261 g/mol. The summed E-state index contributed by atoms with van der Waals surface area (Å²) in [5, 5.41) is 1.31. The summed E-state index contributed by atoms with van der Waals surface area (Å²) in [5.74, 6) is -2.07. The van der Waals surface area contributed by atoms with Crippen LogP contribution in [0.25, 0.3) is 0 Å². The molecule has 0 radical (unpaired) electrons. The van der Waals surface area contributed by atoms with Gasteiger partial charge >= 0.3 is 5.97 Å². The van der Waals surface area contributed by atoms with Gasteiger partial charge in [-0.05, 0) is 6.07 Å². The Bertz CT molecular complexity index is 428. The van der Waals surface area contributed by atoms with E-state index >= 15 is 0 Å². The van der Waals surface area contributed by atoms with Crippen LogP contribution in [0, 0.1) is 5.82 Å². The third-order valence-corrected chi connectivity index (χ3v) is 2.25. The fourth-order valence-corrected chi connectivity index (χ4v) is 1.21. The molecule has 0 saturated heterocycles. The van der Waals surface area contributed by atoms with Gasteiger partial charge in [-0.25, -0.2) is 4.39 Å². The Morgan fingerprint density at radius 3 is 2.94 bits per heavy atom. The molecule has 5 nitrogen and oxygen atoms in total. The standard InChI is InChI=1S/C10H10ClFN2O3/c1-17-10(16)7(11)4-14-9(15)6-2-3-13-5-8(6)12/h2-3,5,7H,4H2,1H3,(H,14,15). The number of hydrogen-bond acceptors (Lipinski definition) is 4. The largest absolute Gasteiger partial charge is 0.468 e. The lowest BCUT2D eigenvalue weighted by Crippen LogP contribution is -2.34. The first-order valence-electron chi connectivity index (χ1n) is 4.66. The van der Waals surface area contributed by atoms with E-state index < -0.39 is 23.1 Å². The van der Waals surface area contributed by atoms with Gasteiger partial charge in [0.25, 0.3) is 5.91 Å². The highest BCUT2D eigenvalue weighted by atomic mass is 35.5. The van der Waals surface area contributed by atoms with Crippen molar-refractivity contribution in [1.82, 2.24) is 10.3 Å². The van der Waals surface area contributed by atoms with E-state index in [2.05, 4.69) is 15.0 Å². The first-order valence-corrected chi connectivity index (χ1v) is 5.09. The third-order valence-electron chi connectivity index (χ3n) is 1.92. The minimum atomic E-state index is -1.01. The number of nitrogens with zero attached hydrogens (tertiary/aromatic N) is 1. The van der Waals surface area contributed by atoms with Gasteiger partial charge in [0.15, 0.2) is 5.82 Å². The van der Waals surface area contributed by atoms with Crippen molar-refractivity contribution in [2.24, 2.45) is 0 Å². The van der Waals surface area contributed by atoms with Gasteiger partial charge in [0.1, 0.15) is 5.38 Å². The number of esters is 1. The molecule has 17 heavy (non-hydrogen) atoms. The van der Waals surface area contributed by atoms with Gasteiger partial charge in [0.2, 0.25) is 0 Å². The summed E-state index contributed by atoms with van der Waals surface area (Å²) < 4.78 is 17.5. The molecule has 1 heterocycles. The van der Waals surface area contributed by atoms with Crippen LogP contribution < -0.4 is 5.32 Å². The summed E-state index contributed by atoms with van der Waals surface area (Å²) in [6.07, 6.45) is 2.21. The van der Waals surface area contributed by atoms with Crippen LogP contribution in [0.5, 0.6) is 0 Å². The van der Waals surface area contributed by atoms with Crippen molar-refractivity contribution >= 4 is 23.5 Å². The Labute approximate surface area is 102 Å². The number of aromatic nitrogens is 1. The van der Waals surface area contributed by atoms with E-state index in [4.69, 9.17) is 11.6 Å². The van der Waals surface area contributed by atoms with Crippen LogP contribution in [0.4, 0.5) is 4.39 Å². The molecule has 0 aromatic carbocycles. The number of ether oxygens (including phenoxy) is 1. The van der Waals surface area contributed by atoms with Crippen molar-refractivity contribution in [3.05, 3.63) is 29.8 Å². The Morgan fingerprint density at radius 2 is 2.35 bits per heavy atom. The minimum absolute atomic E-state index is 0.144. The van der Waals surface area contributed by atoms with E-state index in [1.165, 1.54) is 19.4 Å². The smallest absolute Gasteiger partial charge is 0.325 e. The van der Waals surface area contributed by atoms with E-state index in [1.54, 1.807) is 0 Å². The molecule has 0 fully saturated rings. The molecule has 1 aromatic rings. The fourth-order valence-electron chi connectivity index (χ4n) is 1.05. The van der Waals surface area contributed by atoms with Crippen LogP contribution in [-0.2, 0) is 9.53 Å². The van der Waals surface area contributed by atoms with Gasteiger partial charge in [0, 0.05) is 12.7 Å². The van der Waals surface area contributed by atoms with Crippen molar-refractivity contribution in [3.8, 4) is 0 Å². The molecular formula is C10H10ClFN2O3. The molecule has 1 atom stereocenters. The van der Waals surface area contributed by atoms with Crippen molar-refractivity contribution in [2.75, 3.05) is 13.7 Å². The number of hydrogen-bond donors (Lipinski definition) is 1. The number of amides is 1. The summed E-state index contributed by atoms with van der Waals surface area (Å²) in [6.45, 7) is -0.144. The van der Waals surface area contributed by atoms with Crippen LogP contribution in [0.1, 0.15) is 10.4 Å². The number of rotatable bonds is 4. The van der Waals surface area contributed by atoms with E-state index in [1.807, 2.05) is 0 Å². The molecule has 0 spiro atoms. The molecule has 0 saturated carbocycles. The molecule has 1 unspecified atom stereocenters. The Kier molecular flexibility index (Phi) is 4.84. The quantitative estimate of drug-likeness (QED) is 0.640. The predicted octanol–water partition coefficient (Wildman–Crippen LogP) is 0.731. The van der Waals surface area contributed by atoms with Gasteiger partial charge in [-0.2, -0.15) is 0 Å². The zero-order valence-electron chi connectivity index (χ0n) is 8.94. The topological polar surface area (TPSA) is 68.3 Å². The molecular weight excluding hydrogens is 251 g/mol. The van der Waals surface area contributed by atoms with Crippen molar-refractivity contribution in [3.63, 3.8) is 0 Å². The van der Waals surface area contributed by atoms with E-state index in [9.17, 15) is 14.0 Å². The number of carbonyl (C=O) groups is 2. The second-order valence-corrected chi connectivity index (χ2v) is 3.58. The maximum Gasteiger partial charge on any atom is 0.325 e. The summed E-state index contributed by atoms with van der Waals surface area (Å²) >= 11 is 5.61. The zero-order chi connectivity index (χ0) is 12.8. The number of halogens is 2. The molecule has 1 amide bonds. The Morgan fingerprint density at radius 1 is 1.65 bits per heavy atom.